The average molecular weight is 315 g/mol. The van der Waals surface area contributed by atoms with Crippen LogP contribution in [-0.2, 0) is 4.79 Å². The summed E-state index contributed by atoms with van der Waals surface area (Å²) < 4.78 is 38.2. The lowest BCUT2D eigenvalue weighted by Crippen LogP contribution is -2.43. The molecule has 1 aliphatic carbocycles. The second-order valence-electron chi connectivity index (χ2n) is 4.61. The maximum atomic E-state index is 12.7. The SMILES string of the molecule is O=C(N(Nc1ccccc1[N+](=O)[O-])C1=CCCC1)C(F)(F)F. The van der Waals surface area contributed by atoms with E-state index >= 15 is 0 Å². The van der Waals surface area contributed by atoms with Gasteiger partial charge in [-0.3, -0.25) is 20.3 Å². The van der Waals surface area contributed by atoms with Crippen molar-refractivity contribution < 1.29 is 22.9 Å². The Labute approximate surface area is 123 Å². The first-order chi connectivity index (χ1) is 10.3. The number of carbonyl (C=O) groups excluding carboxylic acids is 1. The molecule has 0 aliphatic heterocycles. The Morgan fingerprint density at radius 3 is 2.55 bits per heavy atom. The summed E-state index contributed by atoms with van der Waals surface area (Å²) in [6.07, 6.45) is -2.12. The van der Waals surface area contributed by atoms with Crippen LogP contribution in [0.2, 0.25) is 0 Å². The van der Waals surface area contributed by atoms with Gasteiger partial charge in [-0.05, 0) is 25.3 Å². The highest BCUT2D eigenvalue weighted by atomic mass is 19.4. The first-order valence-corrected chi connectivity index (χ1v) is 6.41. The minimum atomic E-state index is -5.08. The molecule has 0 fully saturated rings. The molecule has 0 bridgehead atoms. The molecule has 0 atom stereocenters. The standard InChI is InChI=1S/C13H12F3N3O3/c14-13(15,16)12(20)18(9-5-1-2-6-9)17-10-7-3-4-8-11(10)19(21)22/h3-5,7-8,17H,1-2,6H2. The number of nitro groups is 1. The van der Waals surface area contributed by atoms with Crippen molar-refractivity contribution in [2.75, 3.05) is 5.43 Å². The molecule has 2 rings (SSSR count). The van der Waals surface area contributed by atoms with Gasteiger partial charge in [0.1, 0.15) is 5.69 Å². The number of nitro benzene ring substituents is 1. The number of amides is 1. The smallest absolute Gasteiger partial charge is 0.285 e. The number of hydrogen-bond acceptors (Lipinski definition) is 4. The lowest BCUT2D eigenvalue weighted by Gasteiger charge is -2.26. The zero-order valence-corrected chi connectivity index (χ0v) is 11.3. The number of hydrazine groups is 1. The fraction of sp³-hybridized carbons (Fsp3) is 0.308. The van der Waals surface area contributed by atoms with Gasteiger partial charge in [-0.1, -0.05) is 18.2 Å². The van der Waals surface area contributed by atoms with Crippen LogP contribution in [0.1, 0.15) is 19.3 Å². The van der Waals surface area contributed by atoms with E-state index in [1.165, 1.54) is 24.3 Å². The molecule has 0 saturated heterocycles. The van der Waals surface area contributed by atoms with Gasteiger partial charge in [-0.15, -0.1) is 0 Å². The normalized spacial score (nSPS) is 14.4. The van der Waals surface area contributed by atoms with Crippen LogP contribution in [0.4, 0.5) is 24.5 Å². The molecule has 1 aromatic rings. The minimum Gasteiger partial charge on any atom is -0.285 e. The van der Waals surface area contributed by atoms with Crippen molar-refractivity contribution in [3.63, 3.8) is 0 Å². The average Bonchev–Trinajstić information content (AvgIpc) is 2.97. The molecule has 1 aromatic carbocycles. The Kier molecular flexibility index (Phi) is 4.34. The predicted molar refractivity (Wildman–Crippen MR) is 71.6 cm³/mol. The van der Waals surface area contributed by atoms with Crippen LogP contribution < -0.4 is 5.43 Å². The number of alkyl halides is 3. The van der Waals surface area contributed by atoms with Gasteiger partial charge in [-0.25, -0.2) is 5.01 Å². The highest BCUT2D eigenvalue weighted by molar-refractivity contribution is 5.85. The Balaban J connectivity index is 2.35. The first-order valence-electron chi connectivity index (χ1n) is 6.41. The molecule has 9 heteroatoms. The third-order valence-electron chi connectivity index (χ3n) is 3.08. The lowest BCUT2D eigenvalue weighted by molar-refractivity contribution is -0.384. The molecule has 0 spiro atoms. The van der Waals surface area contributed by atoms with Crippen molar-refractivity contribution in [2.45, 2.75) is 25.4 Å². The monoisotopic (exact) mass is 315 g/mol. The number of nitrogens with zero attached hydrogens (tertiary/aromatic N) is 2. The zero-order chi connectivity index (χ0) is 16.3. The van der Waals surface area contributed by atoms with E-state index in [1.807, 2.05) is 0 Å². The number of para-hydroxylation sites is 2. The van der Waals surface area contributed by atoms with Gasteiger partial charge in [0.25, 0.3) is 5.69 Å². The van der Waals surface area contributed by atoms with Crippen LogP contribution in [0.3, 0.4) is 0 Å². The Hall–Kier alpha value is -2.58. The number of carbonyl (C=O) groups is 1. The highest BCUT2D eigenvalue weighted by Crippen LogP contribution is 2.30. The molecule has 0 radical (unpaired) electrons. The summed E-state index contributed by atoms with van der Waals surface area (Å²) in [6.45, 7) is 0. The zero-order valence-electron chi connectivity index (χ0n) is 11.3. The quantitative estimate of drug-likeness (QED) is 0.682. The molecular weight excluding hydrogens is 303 g/mol. The largest absolute Gasteiger partial charge is 0.473 e. The van der Waals surface area contributed by atoms with Crippen LogP contribution in [0.15, 0.2) is 36.0 Å². The van der Waals surface area contributed by atoms with Crippen molar-refractivity contribution in [1.82, 2.24) is 5.01 Å². The molecule has 22 heavy (non-hydrogen) atoms. The number of anilines is 1. The molecule has 0 heterocycles. The third kappa shape index (κ3) is 3.35. The summed E-state index contributed by atoms with van der Waals surface area (Å²) in [5.74, 6) is -2.11. The fourth-order valence-corrected chi connectivity index (χ4v) is 2.08. The molecule has 0 aromatic heterocycles. The van der Waals surface area contributed by atoms with Crippen LogP contribution >= 0.6 is 0 Å². The molecule has 118 valence electrons. The Bertz CT molecular complexity index is 628. The van der Waals surface area contributed by atoms with E-state index in [0.717, 1.165) is 6.07 Å². The maximum absolute atomic E-state index is 12.7. The first kappa shape index (κ1) is 15.8. The van der Waals surface area contributed by atoms with E-state index in [-0.39, 0.29) is 17.8 Å². The van der Waals surface area contributed by atoms with Crippen LogP contribution in [0, 0.1) is 10.1 Å². The summed E-state index contributed by atoms with van der Waals surface area (Å²) >= 11 is 0. The van der Waals surface area contributed by atoms with Crippen LogP contribution in [0.25, 0.3) is 0 Å². The summed E-state index contributed by atoms with van der Waals surface area (Å²) in [6, 6.07) is 5.19. The summed E-state index contributed by atoms with van der Waals surface area (Å²) in [5.41, 5.74) is 1.79. The fourth-order valence-electron chi connectivity index (χ4n) is 2.08. The number of hydrogen-bond donors (Lipinski definition) is 1. The molecular formula is C13H12F3N3O3. The van der Waals surface area contributed by atoms with Gasteiger partial charge in [0.15, 0.2) is 0 Å². The summed E-state index contributed by atoms with van der Waals surface area (Å²) in [4.78, 5) is 21.7. The van der Waals surface area contributed by atoms with E-state index in [9.17, 15) is 28.1 Å². The third-order valence-corrected chi connectivity index (χ3v) is 3.08. The van der Waals surface area contributed by atoms with E-state index in [2.05, 4.69) is 5.43 Å². The van der Waals surface area contributed by atoms with E-state index in [1.54, 1.807) is 0 Å². The van der Waals surface area contributed by atoms with E-state index in [0.29, 0.717) is 17.9 Å². The van der Waals surface area contributed by atoms with Gasteiger partial charge in [-0.2, -0.15) is 13.2 Å². The number of nitrogens with one attached hydrogen (secondary N) is 1. The Morgan fingerprint density at radius 1 is 1.32 bits per heavy atom. The number of allylic oxidation sites excluding steroid dienone is 2. The molecule has 6 nitrogen and oxygen atoms in total. The van der Waals surface area contributed by atoms with Gasteiger partial charge in [0.05, 0.1) is 4.92 Å². The Morgan fingerprint density at radius 2 is 2.00 bits per heavy atom. The van der Waals surface area contributed by atoms with Crippen molar-refractivity contribution in [2.24, 2.45) is 0 Å². The highest BCUT2D eigenvalue weighted by Gasteiger charge is 2.44. The van der Waals surface area contributed by atoms with Crippen LogP contribution in [0.5, 0.6) is 0 Å². The van der Waals surface area contributed by atoms with E-state index in [4.69, 9.17) is 0 Å². The molecule has 1 aliphatic rings. The number of rotatable bonds is 4. The molecule has 0 saturated carbocycles. The van der Waals surface area contributed by atoms with E-state index < -0.39 is 22.7 Å². The van der Waals surface area contributed by atoms with Crippen LogP contribution in [-0.4, -0.2) is 22.0 Å². The van der Waals surface area contributed by atoms with Gasteiger partial charge in [0, 0.05) is 11.8 Å². The van der Waals surface area contributed by atoms with Crippen molar-refractivity contribution in [3.05, 3.63) is 46.2 Å². The second kappa shape index (κ2) is 6.04. The molecule has 1 N–H and O–H groups in total. The summed E-state index contributed by atoms with van der Waals surface area (Å²) in [7, 11) is 0. The van der Waals surface area contributed by atoms with Gasteiger partial charge >= 0.3 is 12.1 Å². The number of halogens is 3. The van der Waals surface area contributed by atoms with Crippen molar-refractivity contribution in [1.29, 1.82) is 0 Å². The van der Waals surface area contributed by atoms with Gasteiger partial charge in [0.2, 0.25) is 0 Å². The lowest BCUT2D eigenvalue weighted by atomic mass is 10.2. The topological polar surface area (TPSA) is 75.5 Å². The maximum Gasteiger partial charge on any atom is 0.473 e. The number of benzene rings is 1. The van der Waals surface area contributed by atoms with Gasteiger partial charge < -0.3 is 0 Å². The van der Waals surface area contributed by atoms with Crippen molar-refractivity contribution >= 4 is 17.3 Å². The molecule has 0 unspecified atom stereocenters. The molecule has 1 amide bonds. The minimum absolute atomic E-state index is 0.153. The van der Waals surface area contributed by atoms with Crippen molar-refractivity contribution in [3.8, 4) is 0 Å². The summed E-state index contributed by atoms with van der Waals surface area (Å²) in [5, 5.41) is 11.3. The second-order valence-corrected chi connectivity index (χ2v) is 4.61. The predicted octanol–water partition coefficient (Wildman–Crippen LogP) is 3.38.